The van der Waals surface area contributed by atoms with Crippen LogP contribution < -0.4 is 5.73 Å². The van der Waals surface area contributed by atoms with Crippen molar-refractivity contribution in [1.82, 2.24) is 0 Å². The van der Waals surface area contributed by atoms with Crippen LogP contribution in [0.1, 0.15) is 12.5 Å². The lowest BCUT2D eigenvalue weighted by Gasteiger charge is -2.08. The molecule has 1 aromatic rings. The molecule has 4 N–H and O–H groups in total. The lowest BCUT2D eigenvalue weighted by molar-refractivity contribution is -0.387. The van der Waals surface area contributed by atoms with Crippen molar-refractivity contribution < 1.29 is 15.2 Å². The van der Waals surface area contributed by atoms with Gasteiger partial charge in [-0.25, -0.2) is 0 Å². The highest BCUT2D eigenvalue weighted by Gasteiger charge is 2.17. The molecule has 0 aromatic heterocycles. The Balaban J connectivity index is 3.02. The highest BCUT2D eigenvalue weighted by atomic mass is 32.2. The third-order valence-electron chi connectivity index (χ3n) is 2.39. The highest BCUT2D eigenvalue weighted by Crippen LogP contribution is 2.31. The average Bonchev–Trinajstić information content (AvgIpc) is 2.43. The molecule has 0 saturated heterocycles. The molecule has 0 heterocycles. The van der Waals surface area contributed by atoms with Crippen molar-refractivity contribution in [2.24, 2.45) is 16.8 Å². The van der Waals surface area contributed by atoms with Crippen molar-refractivity contribution in [1.29, 1.82) is 0 Å². The molecule has 0 aliphatic heterocycles. The Morgan fingerprint density at radius 3 is 2.84 bits per heavy atom. The van der Waals surface area contributed by atoms with Gasteiger partial charge in [0.25, 0.3) is 5.69 Å². The van der Waals surface area contributed by atoms with Crippen molar-refractivity contribution in [3.8, 4) is 0 Å². The van der Waals surface area contributed by atoms with Gasteiger partial charge in [-0.05, 0) is 18.1 Å². The monoisotopic (exact) mass is 285 g/mol. The minimum atomic E-state index is -0.514. The first-order valence-electron chi connectivity index (χ1n) is 5.49. The van der Waals surface area contributed by atoms with Crippen LogP contribution in [0.5, 0.6) is 0 Å². The first-order valence-corrected chi connectivity index (χ1v) is 6.48. The Bertz CT molecular complexity index is 493. The molecule has 7 nitrogen and oxygen atoms in total. The van der Waals surface area contributed by atoms with E-state index in [9.17, 15) is 10.1 Å². The van der Waals surface area contributed by atoms with E-state index >= 15 is 0 Å². The zero-order valence-corrected chi connectivity index (χ0v) is 11.1. The predicted molar refractivity (Wildman–Crippen MR) is 72.6 cm³/mol. The van der Waals surface area contributed by atoms with E-state index in [0.29, 0.717) is 10.6 Å². The van der Waals surface area contributed by atoms with E-state index in [1.807, 2.05) is 6.92 Å². The number of rotatable bonds is 6. The Hall–Kier alpha value is -1.80. The number of hydrogen-bond donors (Lipinski definition) is 3. The topological polar surface area (TPSA) is 122 Å². The molecule has 104 valence electrons. The average molecular weight is 285 g/mol. The van der Waals surface area contributed by atoms with Crippen LogP contribution in [0.2, 0.25) is 0 Å². The number of nitrogens with zero attached hydrogens (tertiary/aromatic N) is 2. The minimum absolute atomic E-state index is 0.0308. The van der Waals surface area contributed by atoms with Crippen LogP contribution in [-0.2, 0) is 0 Å². The molecular formula is C11H15N3O4S. The SMILES string of the molecule is CC(CO)CSc1ccc(C(N)=NO)cc1[N+](=O)[O-]. The van der Waals surface area contributed by atoms with Crippen LogP contribution in [0, 0.1) is 16.0 Å². The summed E-state index contributed by atoms with van der Waals surface area (Å²) in [5, 5.41) is 31.3. The van der Waals surface area contributed by atoms with Gasteiger partial charge in [-0.15, -0.1) is 11.8 Å². The molecule has 0 aliphatic rings. The molecule has 0 bridgehead atoms. The summed E-state index contributed by atoms with van der Waals surface area (Å²) in [6.45, 7) is 1.88. The van der Waals surface area contributed by atoms with E-state index < -0.39 is 4.92 Å². The Morgan fingerprint density at radius 1 is 1.63 bits per heavy atom. The number of hydrogen-bond acceptors (Lipinski definition) is 6. The van der Waals surface area contributed by atoms with Gasteiger partial charge in [-0.1, -0.05) is 12.1 Å². The maximum Gasteiger partial charge on any atom is 0.283 e. The number of amidine groups is 1. The number of oxime groups is 1. The summed E-state index contributed by atoms with van der Waals surface area (Å²) in [5.74, 6) is 0.442. The molecule has 0 aliphatic carbocycles. The predicted octanol–water partition coefficient (Wildman–Crippen LogP) is 1.41. The van der Waals surface area contributed by atoms with Gasteiger partial charge < -0.3 is 16.0 Å². The second-order valence-corrected chi connectivity index (χ2v) is 5.09. The normalized spacial score (nSPS) is 13.3. The fourth-order valence-corrected chi connectivity index (χ4v) is 2.30. The van der Waals surface area contributed by atoms with E-state index in [2.05, 4.69) is 5.16 Å². The molecular weight excluding hydrogens is 270 g/mol. The highest BCUT2D eigenvalue weighted by molar-refractivity contribution is 7.99. The number of benzene rings is 1. The molecule has 1 rings (SSSR count). The third-order valence-corrected chi connectivity index (χ3v) is 3.79. The third kappa shape index (κ3) is 4.11. The van der Waals surface area contributed by atoms with Crippen molar-refractivity contribution >= 4 is 23.3 Å². The number of aliphatic hydroxyl groups excluding tert-OH is 1. The summed E-state index contributed by atoms with van der Waals surface area (Å²) in [6, 6.07) is 4.37. The number of nitro benzene ring substituents is 1. The minimum Gasteiger partial charge on any atom is -0.409 e. The summed E-state index contributed by atoms with van der Waals surface area (Å²) in [6.07, 6.45) is 0. The van der Waals surface area contributed by atoms with Crippen molar-refractivity contribution in [2.75, 3.05) is 12.4 Å². The van der Waals surface area contributed by atoms with E-state index in [0.717, 1.165) is 0 Å². The van der Waals surface area contributed by atoms with Gasteiger partial charge >= 0.3 is 0 Å². The molecule has 0 amide bonds. The second-order valence-electron chi connectivity index (χ2n) is 4.02. The number of thioether (sulfide) groups is 1. The van der Waals surface area contributed by atoms with E-state index in [1.54, 1.807) is 12.1 Å². The second kappa shape index (κ2) is 6.95. The van der Waals surface area contributed by atoms with Crippen molar-refractivity contribution in [2.45, 2.75) is 11.8 Å². The molecule has 0 spiro atoms. The van der Waals surface area contributed by atoms with Gasteiger partial charge in [0.2, 0.25) is 0 Å². The molecule has 19 heavy (non-hydrogen) atoms. The van der Waals surface area contributed by atoms with Crippen LogP contribution in [0.25, 0.3) is 0 Å². The van der Waals surface area contributed by atoms with Gasteiger partial charge in [-0.3, -0.25) is 10.1 Å². The van der Waals surface area contributed by atoms with Crippen LogP contribution in [-0.4, -0.2) is 33.4 Å². The zero-order chi connectivity index (χ0) is 14.4. The standard InChI is InChI=1S/C11H15N3O4S/c1-7(5-15)6-19-10-3-2-8(11(12)13-16)4-9(10)14(17)18/h2-4,7,15-16H,5-6H2,1H3,(H2,12,13). The quantitative estimate of drug-likeness (QED) is 0.181. The molecule has 1 atom stereocenters. The van der Waals surface area contributed by atoms with E-state index in [4.69, 9.17) is 16.0 Å². The smallest absolute Gasteiger partial charge is 0.283 e. The van der Waals surface area contributed by atoms with Crippen LogP contribution in [0.15, 0.2) is 28.3 Å². The van der Waals surface area contributed by atoms with Crippen LogP contribution in [0.3, 0.4) is 0 Å². The zero-order valence-electron chi connectivity index (χ0n) is 10.3. The Labute approximate surface area is 114 Å². The number of nitro groups is 1. The summed E-state index contributed by atoms with van der Waals surface area (Å²) in [4.78, 5) is 11.0. The largest absolute Gasteiger partial charge is 0.409 e. The van der Waals surface area contributed by atoms with E-state index in [1.165, 1.54) is 17.8 Å². The first kappa shape index (κ1) is 15.3. The van der Waals surface area contributed by atoms with E-state index in [-0.39, 0.29) is 29.6 Å². The Kier molecular flexibility index (Phi) is 5.58. The fourth-order valence-electron chi connectivity index (χ4n) is 1.28. The van der Waals surface area contributed by atoms with Crippen molar-refractivity contribution in [3.63, 3.8) is 0 Å². The number of nitrogens with two attached hydrogens (primary N) is 1. The first-order chi connectivity index (χ1) is 8.99. The molecule has 0 saturated carbocycles. The summed E-state index contributed by atoms with van der Waals surface area (Å²) in [5.41, 5.74) is 5.58. The summed E-state index contributed by atoms with van der Waals surface area (Å²) >= 11 is 1.29. The maximum atomic E-state index is 11.0. The summed E-state index contributed by atoms with van der Waals surface area (Å²) in [7, 11) is 0. The molecule has 0 radical (unpaired) electrons. The molecule has 1 aromatic carbocycles. The maximum absolute atomic E-state index is 11.0. The van der Waals surface area contributed by atoms with Gasteiger partial charge in [0, 0.05) is 24.0 Å². The van der Waals surface area contributed by atoms with Crippen LogP contribution >= 0.6 is 11.8 Å². The number of aliphatic hydroxyl groups is 1. The summed E-state index contributed by atoms with van der Waals surface area (Å²) < 4.78 is 0. The molecule has 0 fully saturated rings. The lowest BCUT2D eigenvalue weighted by atomic mass is 10.2. The fraction of sp³-hybridized carbons (Fsp3) is 0.364. The van der Waals surface area contributed by atoms with Gasteiger partial charge in [0.1, 0.15) is 0 Å². The molecule has 8 heteroatoms. The van der Waals surface area contributed by atoms with Gasteiger partial charge in [0.15, 0.2) is 5.84 Å². The van der Waals surface area contributed by atoms with Crippen LogP contribution in [0.4, 0.5) is 5.69 Å². The molecule has 1 unspecified atom stereocenters. The lowest BCUT2D eigenvalue weighted by Crippen LogP contribution is -2.13. The van der Waals surface area contributed by atoms with Gasteiger partial charge in [0.05, 0.1) is 9.82 Å². The van der Waals surface area contributed by atoms with Crippen molar-refractivity contribution in [3.05, 3.63) is 33.9 Å². The van der Waals surface area contributed by atoms with Gasteiger partial charge in [-0.2, -0.15) is 0 Å². The Morgan fingerprint density at radius 2 is 2.32 bits per heavy atom.